The molecule has 1 aromatic rings. The number of anilines is 1. The summed E-state index contributed by atoms with van der Waals surface area (Å²) >= 11 is 0. The molecule has 1 saturated heterocycles. The van der Waals surface area contributed by atoms with Crippen molar-refractivity contribution in [2.75, 3.05) is 31.1 Å². The van der Waals surface area contributed by atoms with E-state index in [0.29, 0.717) is 0 Å². The van der Waals surface area contributed by atoms with E-state index >= 15 is 0 Å². The Morgan fingerprint density at radius 3 is 2.25 bits per heavy atom. The summed E-state index contributed by atoms with van der Waals surface area (Å²) in [5.41, 5.74) is 1.38. The van der Waals surface area contributed by atoms with Gasteiger partial charge in [-0.05, 0) is 43.4 Å². The molecule has 0 bridgehead atoms. The average Bonchev–Trinajstić information content (AvgIpc) is 3.02. The van der Waals surface area contributed by atoms with E-state index in [1.165, 1.54) is 38.8 Å². The Hall–Kier alpha value is -1.55. The van der Waals surface area contributed by atoms with Gasteiger partial charge >= 0.3 is 0 Å². The van der Waals surface area contributed by atoms with Gasteiger partial charge in [0.15, 0.2) is 0 Å². The highest BCUT2D eigenvalue weighted by Gasteiger charge is 2.29. The lowest BCUT2D eigenvalue weighted by atomic mass is 10.1. The molecule has 2 fully saturated rings. The third kappa shape index (κ3) is 2.80. The minimum Gasteiger partial charge on any atom is -0.545 e. The van der Waals surface area contributed by atoms with Crippen LogP contribution in [0.15, 0.2) is 24.3 Å². The number of nitrogens with zero attached hydrogens (tertiary/aromatic N) is 1. The molecular weight excluding hydrogens is 252 g/mol. The maximum absolute atomic E-state index is 10.8. The van der Waals surface area contributed by atoms with Gasteiger partial charge in [-0.3, -0.25) is 0 Å². The number of carbonyl (C=O) groups excluding carboxylic acids is 1. The van der Waals surface area contributed by atoms with Crippen LogP contribution in [0.5, 0.6) is 0 Å². The topological polar surface area (TPSA) is 47.8 Å². The number of benzene rings is 1. The van der Waals surface area contributed by atoms with Crippen LogP contribution in [0.2, 0.25) is 0 Å². The van der Waals surface area contributed by atoms with Gasteiger partial charge in [0, 0.05) is 5.69 Å². The minimum atomic E-state index is -1.10. The fourth-order valence-corrected chi connectivity index (χ4v) is 3.60. The maximum atomic E-state index is 10.8. The maximum Gasteiger partial charge on any atom is 0.0951 e. The Morgan fingerprint density at radius 1 is 1.10 bits per heavy atom. The van der Waals surface area contributed by atoms with Crippen LogP contribution in [-0.2, 0) is 0 Å². The average molecular weight is 274 g/mol. The quantitative estimate of drug-likeness (QED) is 0.823. The lowest BCUT2D eigenvalue weighted by Gasteiger charge is -2.36. The SMILES string of the molecule is O=C([O-])c1ccc(N2CC[NH+](C3CCCC3)CC2)cc1. The first-order chi connectivity index (χ1) is 9.74. The van der Waals surface area contributed by atoms with E-state index in [2.05, 4.69) is 4.90 Å². The van der Waals surface area contributed by atoms with Crippen molar-refractivity contribution < 1.29 is 14.8 Å². The summed E-state index contributed by atoms with van der Waals surface area (Å²) in [6.45, 7) is 4.53. The van der Waals surface area contributed by atoms with Crippen LogP contribution in [0.1, 0.15) is 36.0 Å². The van der Waals surface area contributed by atoms with E-state index in [9.17, 15) is 9.90 Å². The molecule has 0 aromatic heterocycles. The fourth-order valence-electron chi connectivity index (χ4n) is 3.60. The fraction of sp³-hybridized carbons (Fsp3) is 0.562. The summed E-state index contributed by atoms with van der Waals surface area (Å²) in [7, 11) is 0. The van der Waals surface area contributed by atoms with Gasteiger partial charge in [-0.25, -0.2) is 0 Å². The lowest BCUT2D eigenvalue weighted by molar-refractivity contribution is -0.925. The normalized spacial score (nSPS) is 21.3. The minimum absolute atomic E-state index is 0.254. The van der Waals surface area contributed by atoms with Crippen molar-refractivity contribution in [2.24, 2.45) is 0 Å². The number of nitrogens with one attached hydrogen (secondary N) is 1. The van der Waals surface area contributed by atoms with Gasteiger partial charge < -0.3 is 19.7 Å². The lowest BCUT2D eigenvalue weighted by Crippen LogP contribution is -3.18. The smallest absolute Gasteiger partial charge is 0.0951 e. The molecule has 1 aliphatic carbocycles. The van der Waals surface area contributed by atoms with Crippen LogP contribution in [0.4, 0.5) is 5.69 Å². The van der Waals surface area contributed by atoms with Gasteiger partial charge in [-0.2, -0.15) is 0 Å². The molecule has 0 spiro atoms. The molecule has 4 heteroatoms. The molecule has 1 heterocycles. The molecule has 0 radical (unpaired) electrons. The van der Waals surface area contributed by atoms with Crippen LogP contribution < -0.4 is 14.9 Å². The Balaban J connectivity index is 1.58. The molecule has 0 amide bonds. The summed E-state index contributed by atoms with van der Waals surface area (Å²) in [4.78, 5) is 14.9. The van der Waals surface area contributed by atoms with Gasteiger partial charge in [-0.15, -0.1) is 0 Å². The van der Waals surface area contributed by atoms with E-state index in [0.717, 1.165) is 24.8 Å². The first kappa shape index (κ1) is 13.4. The molecule has 0 atom stereocenters. The van der Waals surface area contributed by atoms with Gasteiger partial charge in [0.1, 0.15) is 0 Å². The summed E-state index contributed by atoms with van der Waals surface area (Å²) in [5, 5.41) is 10.8. The van der Waals surface area contributed by atoms with Gasteiger partial charge in [0.2, 0.25) is 0 Å². The molecule has 1 saturated carbocycles. The molecule has 1 aromatic carbocycles. The van der Waals surface area contributed by atoms with Gasteiger partial charge in [-0.1, -0.05) is 12.1 Å². The number of carbonyl (C=O) groups is 1. The van der Waals surface area contributed by atoms with Crippen LogP contribution >= 0.6 is 0 Å². The molecule has 2 aliphatic rings. The zero-order valence-corrected chi connectivity index (χ0v) is 11.8. The first-order valence-electron chi connectivity index (χ1n) is 7.65. The third-order valence-electron chi connectivity index (χ3n) is 4.81. The Morgan fingerprint density at radius 2 is 1.70 bits per heavy atom. The van der Waals surface area contributed by atoms with E-state index < -0.39 is 5.97 Å². The van der Waals surface area contributed by atoms with E-state index in [4.69, 9.17) is 0 Å². The molecule has 4 nitrogen and oxygen atoms in total. The standard InChI is InChI=1S/C16H22N2O2/c19-16(20)13-5-7-15(8-6-13)18-11-9-17(10-12-18)14-3-1-2-4-14/h5-8,14H,1-4,9-12H2,(H,19,20). The molecular formula is C16H22N2O2. The van der Waals surface area contributed by atoms with Crippen molar-refractivity contribution in [1.82, 2.24) is 0 Å². The number of piperazine rings is 1. The number of hydrogen-bond donors (Lipinski definition) is 1. The predicted molar refractivity (Wildman–Crippen MR) is 75.9 cm³/mol. The highest BCUT2D eigenvalue weighted by molar-refractivity contribution is 5.86. The van der Waals surface area contributed by atoms with Crippen LogP contribution in [0.3, 0.4) is 0 Å². The second-order valence-electron chi connectivity index (χ2n) is 5.96. The summed E-state index contributed by atoms with van der Waals surface area (Å²) in [6.07, 6.45) is 5.61. The second-order valence-corrected chi connectivity index (χ2v) is 5.96. The molecule has 0 unspecified atom stereocenters. The van der Waals surface area contributed by atoms with Crippen molar-refractivity contribution in [3.8, 4) is 0 Å². The number of carboxylic acid groups (broad SMARTS) is 1. The van der Waals surface area contributed by atoms with E-state index in [1.54, 1.807) is 17.0 Å². The Kier molecular flexibility index (Phi) is 3.92. The Bertz CT molecular complexity index is 458. The van der Waals surface area contributed by atoms with Gasteiger partial charge in [0.25, 0.3) is 0 Å². The van der Waals surface area contributed by atoms with Crippen molar-refractivity contribution >= 4 is 11.7 Å². The molecule has 20 heavy (non-hydrogen) atoms. The zero-order valence-electron chi connectivity index (χ0n) is 11.8. The molecule has 3 rings (SSSR count). The number of quaternary nitrogens is 1. The number of rotatable bonds is 3. The summed E-state index contributed by atoms with van der Waals surface area (Å²) in [5.74, 6) is -1.10. The predicted octanol–water partition coefficient (Wildman–Crippen LogP) is -0.302. The second kappa shape index (κ2) is 5.83. The van der Waals surface area contributed by atoms with Gasteiger partial charge in [0.05, 0.1) is 38.2 Å². The van der Waals surface area contributed by atoms with Crippen LogP contribution in [0.25, 0.3) is 0 Å². The third-order valence-corrected chi connectivity index (χ3v) is 4.81. The highest BCUT2D eigenvalue weighted by atomic mass is 16.4. The first-order valence-corrected chi connectivity index (χ1v) is 7.65. The van der Waals surface area contributed by atoms with Crippen LogP contribution in [0, 0.1) is 0 Å². The number of carboxylic acids is 1. The molecule has 108 valence electrons. The van der Waals surface area contributed by atoms with Crippen molar-refractivity contribution in [3.05, 3.63) is 29.8 Å². The number of hydrogen-bond acceptors (Lipinski definition) is 3. The number of aromatic carboxylic acids is 1. The zero-order chi connectivity index (χ0) is 13.9. The largest absolute Gasteiger partial charge is 0.545 e. The monoisotopic (exact) mass is 274 g/mol. The molecule has 1 aliphatic heterocycles. The van der Waals surface area contributed by atoms with Crippen molar-refractivity contribution in [1.29, 1.82) is 0 Å². The van der Waals surface area contributed by atoms with Crippen molar-refractivity contribution in [3.63, 3.8) is 0 Å². The van der Waals surface area contributed by atoms with E-state index in [-0.39, 0.29) is 5.56 Å². The molecule has 1 N–H and O–H groups in total. The van der Waals surface area contributed by atoms with Crippen LogP contribution in [-0.4, -0.2) is 38.2 Å². The Labute approximate surface area is 120 Å². The van der Waals surface area contributed by atoms with Crippen molar-refractivity contribution in [2.45, 2.75) is 31.7 Å². The highest BCUT2D eigenvalue weighted by Crippen LogP contribution is 2.17. The van der Waals surface area contributed by atoms with E-state index in [1.807, 2.05) is 12.1 Å². The summed E-state index contributed by atoms with van der Waals surface area (Å²) < 4.78 is 0. The summed E-state index contributed by atoms with van der Waals surface area (Å²) in [6, 6.07) is 7.96.